The molecule has 0 aromatic rings. The van der Waals surface area contributed by atoms with Gasteiger partial charge in [-0.2, -0.15) is 5.26 Å². The van der Waals surface area contributed by atoms with Crippen molar-refractivity contribution in [3.8, 4) is 6.07 Å². The maximum Gasteiger partial charge on any atom is 0.104 e. The summed E-state index contributed by atoms with van der Waals surface area (Å²) in [6.45, 7) is 8.14. The first-order valence-electron chi connectivity index (χ1n) is 7.17. The first-order chi connectivity index (χ1) is 8.63. The van der Waals surface area contributed by atoms with E-state index in [0.717, 1.165) is 58.3 Å². The van der Waals surface area contributed by atoms with Crippen LogP contribution in [0.4, 0.5) is 0 Å². The first kappa shape index (κ1) is 15.4. The number of hydrogen-bond donors (Lipinski definition) is 1. The molecule has 4 heteroatoms. The number of ether oxygens (including phenoxy) is 1. The van der Waals surface area contributed by atoms with Crippen molar-refractivity contribution in [2.24, 2.45) is 5.73 Å². The minimum atomic E-state index is -0.621. The lowest BCUT2D eigenvalue weighted by Gasteiger charge is -2.32. The van der Waals surface area contributed by atoms with Crippen molar-refractivity contribution in [1.29, 1.82) is 5.26 Å². The maximum atomic E-state index is 9.01. The number of hydrogen-bond acceptors (Lipinski definition) is 4. The fraction of sp³-hybridized carbons (Fsp3) is 0.929. The topological polar surface area (TPSA) is 62.3 Å². The maximum absolute atomic E-state index is 9.01. The van der Waals surface area contributed by atoms with Crippen LogP contribution in [-0.2, 0) is 4.74 Å². The number of piperidine rings is 1. The highest BCUT2D eigenvalue weighted by Crippen LogP contribution is 2.17. The summed E-state index contributed by atoms with van der Waals surface area (Å²) >= 11 is 0. The highest BCUT2D eigenvalue weighted by Gasteiger charge is 2.23. The van der Waals surface area contributed by atoms with Gasteiger partial charge in [-0.05, 0) is 45.6 Å². The Morgan fingerprint density at radius 3 is 2.56 bits per heavy atom. The van der Waals surface area contributed by atoms with Crippen molar-refractivity contribution in [2.45, 2.75) is 57.6 Å². The van der Waals surface area contributed by atoms with E-state index in [2.05, 4.69) is 17.9 Å². The van der Waals surface area contributed by atoms with Crippen LogP contribution in [0.15, 0.2) is 0 Å². The summed E-state index contributed by atoms with van der Waals surface area (Å²) in [5.74, 6) is 0. The van der Waals surface area contributed by atoms with E-state index >= 15 is 0 Å². The van der Waals surface area contributed by atoms with Gasteiger partial charge in [-0.25, -0.2) is 0 Å². The highest BCUT2D eigenvalue weighted by atomic mass is 16.5. The van der Waals surface area contributed by atoms with Crippen molar-refractivity contribution in [1.82, 2.24) is 4.90 Å². The third-order valence-corrected chi connectivity index (χ3v) is 3.89. The average molecular weight is 253 g/mol. The van der Waals surface area contributed by atoms with Gasteiger partial charge in [0.25, 0.3) is 0 Å². The van der Waals surface area contributed by atoms with Crippen LogP contribution in [0.2, 0.25) is 0 Å². The Kier molecular flexibility index (Phi) is 6.62. The van der Waals surface area contributed by atoms with Crippen LogP contribution in [0.25, 0.3) is 0 Å². The monoisotopic (exact) mass is 253 g/mol. The molecule has 0 aromatic heterocycles. The first-order valence-corrected chi connectivity index (χ1v) is 7.17. The Hall–Kier alpha value is -0.630. The molecular weight excluding hydrogens is 226 g/mol. The summed E-state index contributed by atoms with van der Waals surface area (Å²) < 4.78 is 5.63. The van der Waals surface area contributed by atoms with Crippen LogP contribution < -0.4 is 5.73 Å². The Balaban J connectivity index is 2.17. The van der Waals surface area contributed by atoms with Crippen molar-refractivity contribution in [3.63, 3.8) is 0 Å². The van der Waals surface area contributed by atoms with E-state index in [1.807, 2.05) is 6.92 Å². The molecule has 2 N–H and O–H groups in total. The summed E-state index contributed by atoms with van der Waals surface area (Å²) in [7, 11) is 0. The quantitative estimate of drug-likeness (QED) is 0.752. The molecule has 0 saturated carbocycles. The molecule has 1 unspecified atom stereocenters. The molecule has 1 rings (SSSR count). The van der Waals surface area contributed by atoms with Gasteiger partial charge in [0.1, 0.15) is 5.54 Å². The van der Waals surface area contributed by atoms with E-state index in [9.17, 15) is 0 Å². The van der Waals surface area contributed by atoms with E-state index in [0.29, 0.717) is 6.10 Å². The Morgan fingerprint density at radius 1 is 1.39 bits per heavy atom. The van der Waals surface area contributed by atoms with Gasteiger partial charge in [0, 0.05) is 19.7 Å². The van der Waals surface area contributed by atoms with E-state index in [1.54, 1.807) is 0 Å². The van der Waals surface area contributed by atoms with Gasteiger partial charge in [-0.15, -0.1) is 0 Å². The molecule has 104 valence electrons. The smallest absolute Gasteiger partial charge is 0.104 e. The fourth-order valence-corrected chi connectivity index (χ4v) is 2.47. The van der Waals surface area contributed by atoms with Crippen LogP contribution in [-0.4, -0.2) is 42.8 Å². The third kappa shape index (κ3) is 4.93. The van der Waals surface area contributed by atoms with Crippen LogP contribution in [0.3, 0.4) is 0 Å². The van der Waals surface area contributed by atoms with Crippen LogP contribution in [0, 0.1) is 11.3 Å². The lowest BCUT2D eigenvalue weighted by atomic mass is 9.93. The summed E-state index contributed by atoms with van der Waals surface area (Å²) in [6, 6.07) is 2.23. The molecule has 0 spiro atoms. The molecule has 0 bridgehead atoms. The summed E-state index contributed by atoms with van der Waals surface area (Å²) in [5.41, 5.74) is 5.35. The van der Waals surface area contributed by atoms with Gasteiger partial charge in [0.2, 0.25) is 0 Å². The third-order valence-electron chi connectivity index (χ3n) is 3.89. The zero-order valence-corrected chi connectivity index (χ0v) is 11.8. The van der Waals surface area contributed by atoms with E-state index in [4.69, 9.17) is 15.7 Å². The average Bonchev–Trinajstić information content (AvgIpc) is 2.41. The number of nitrogens with zero attached hydrogens (tertiary/aromatic N) is 2. The van der Waals surface area contributed by atoms with Gasteiger partial charge in [-0.1, -0.05) is 6.92 Å². The van der Waals surface area contributed by atoms with Gasteiger partial charge < -0.3 is 15.4 Å². The molecule has 4 nitrogen and oxygen atoms in total. The number of likely N-dealkylation sites (tertiary alicyclic amines) is 1. The molecular formula is C14H27N3O. The van der Waals surface area contributed by atoms with E-state index < -0.39 is 5.54 Å². The minimum absolute atomic E-state index is 0.453. The Bertz CT molecular complexity index is 269. The molecule has 0 aromatic carbocycles. The summed E-state index contributed by atoms with van der Waals surface area (Å²) in [6.07, 6.45) is 5.26. The Labute approximate surface area is 111 Å². The molecule has 1 fully saturated rings. The van der Waals surface area contributed by atoms with Crippen molar-refractivity contribution in [2.75, 3.05) is 26.2 Å². The zero-order chi connectivity index (χ0) is 13.4. The lowest BCUT2D eigenvalue weighted by Crippen LogP contribution is -2.40. The molecule has 0 aliphatic carbocycles. The van der Waals surface area contributed by atoms with Crippen LogP contribution in [0.1, 0.15) is 46.0 Å². The summed E-state index contributed by atoms with van der Waals surface area (Å²) in [5, 5.41) is 9.01. The summed E-state index contributed by atoms with van der Waals surface area (Å²) in [4.78, 5) is 2.46. The van der Waals surface area contributed by atoms with Gasteiger partial charge >= 0.3 is 0 Å². The zero-order valence-electron chi connectivity index (χ0n) is 11.8. The van der Waals surface area contributed by atoms with Crippen molar-refractivity contribution >= 4 is 0 Å². The molecule has 1 heterocycles. The minimum Gasteiger partial charge on any atom is -0.378 e. The highest BCUT2D eigenvalue weighted by molar-refractivity contribution is 5.03. The van der Waals surface area contributed by atoms with Crippen molar-refractivity contribution in [3.05, 3.63) is 0 Å². The van der Waals surface area contributed by atoms with Gasteiger partial charge in [0.15, 0.2) is 0 Å². The SMILES string of the molecule is CCOC1CCN(CCCC(N)(C#N)CC)CC1. The standard InChI is InChI=1S/C14H27N3O/c1-3-14(16,12-15)8-5-9-17-10-6-13(7-11-17)18-4-2/h13H,3-11,16H2,1-2H3. The van der Waals surface area contributed by atoms with Gasteiger partial charge in [-0.3, -0.25) is 0 Å². The molecule has 0 amide bonds. The largest absolute Gasteiger partial charge is 0.378 e. The Morgan fingerprint density at radius 2 is 2.06 bits per heavy atom. The molecule has 1 atom stereocenters. The van der Waals surface area contributed by atoms with E-state index in [-0.39, 0.29) is 0 Å². The van der Waals surface area contributed by atoms with E-state index in [1.165, 1.54) is 0 Å². The molecule has 0 radical (unpaired) electrons. The predicted molar refractivity (Wildman–Crippen MR) is 73.1 cm³/mol. The lowest BCUT2D eigenvalue weighted by molar-refractivity contribution is 0.0138. The second-order valence-corrected chi connectivity index (χ2v) is 5.22. The molecule has 1 aliphatic heterocycles. The van der Waals surface area contributed by atoms with Crippen LogP contribution in [0.5, 0.6) is 0 Å². The van der Waals surface area contributed by atoms with Crippen LogP contribution >= 0.6 is 0 Å². The number of rotatable bonds is 7. The second-order valence-electron chi connectivity index (χ2n) is 5.22. The second kappa shape index (κ2) is 7.73. The molecule has 1 saturated heterocycles. The fourth-order valence-electron chi connectivity index (χ4n) is 2.47. The van der Waals surface area contributed by atoms with Gasteiger partial charge in [0.05, 0.1) is 12.2 Å². The van der Waals surface area contributed by atoms with Crippen molar-refractivity contribution < 1.29 is 4.74 Å². The molecule has 1 aliphatic rings. The number of nitrogens with two attached hydrogens (primary N) is 1. The number of nitriles is 1. The normalized spacial score (nSPS) is 21.4. The predicted octanol–water partition coefficient (Wildman–Crippen LogP) is 1.90. The molecule has 18 heavy (non-hydrogen) atoms.